The largest absolute Gasteiger partial charge is 0.464 e. The molecule has 0 aliphatic carbocycles. The molecular weight excluding hydrogens is 233 g/mol. The number of furan rings is 1. The molecule has 0 aliphatic rings. The Morgan fingerprint density at radius 1 is 1.17 bits per heavy atom. The quantitative estimate of drug-likeness (QED) is 0.509. The number of hydrogen-bond donors (Lipinski definition) is 0. The smallest absolute Gasteiger partial charge is 0.217 e. The highest BCUT2D eigenvalue weighted by atomic mass is 19.1. The molecule has 88 valence electrons. The van der Waals surface area contributed by atoms with Crippen molar-refractivity contribution in [3.63, 3.8) is 0 Å². The Morgan fingerprint density at radius 2 is 1.94 bits per heavy atom. The fourth-order valence-electron chi connectivity index (χ4n) is 1.88. The first-order valence-corrected chi connectivity index (χ1v) is 5.37. The summed E-state index contributed by atoms with van der Waals surface area (Å²) in [6, 6.07) is 9.79. The molecule has 0 fully saturated rings. The van der Waals surface area contributed by atoms with Crippen LogP contribution in [0.2, 0.25) is 0 Å². The maximum atomic E-state index is 13.4. The van der Waals surface area contributed by atoms with Crippen molar-refractivity contribution in [2.75, 3.05) is 0 Å². The predicted octanol–water partition coefficient (Wildman–Crippen LogP) is 3.45. The zero-order valence-corrected chi connectivity index (χ0v) is 9.26. The lowest BCUT2D eigenvalue weighted by Gasteiger charge is -2.02. The van der Waals surface area contributed by atoms with Gasteiger partial charge in [-0.25, -0.2) is 4.98 Å². The minimum atomic E-state index is -0.591. The van der Waals surface area contributed by atoms with E-state index in [-0.39, 0.29) is 0 Å². The summed E-state index contributed by atoms with van der Waals surface area (Å²) in [4.78, 5) is 14.5. The number of pyridine rings is 1. The maximum Gasteiger partial charge on any atom is 0.217 e. The molecule has 0 atom stereocenters. The molecule has 0 aliphatic heterocycles. The van der Waals surface area contributed by atoms with Crippen LogP contribution < -0.4 is 0 Å². The highest BCUT2D eigenvalue weighted by Gasteiger charge is 2.10. The SMILES string of the molecule is O=Cc1ccc(-c2nc(F)cc3occc23)cc1. The van der Waals surface area contributed by atoms with E-state index < -0.39 is 5.95 Å². The fourth-order valence-corrected chi connectivity index (χ4v) is 1.88. The number of hydrogen-bond acceptors (Lipinski definition) is 3. The van der Waals surface area contributed by atoms with Gasteiger partial charge in [0.05, 0.1) is 12.0 Å². The second-order valence-corrected chi connectivity index (χ2v) is 3.87. The van der Waals surface area contributed by atoms with E-state index in [0.717, 1.165) is 17.2 Å². The molecule has 0 saturated heterocycles. The van der Waals surface area contributed by atoms with Gasteiger partial charge in [-0.05, 0) is 6.07 Å². The summed E-state index contributed by atoms with van der Waals surface area (Å²) in [5.74, 6) is -0.591. The van der Waals surface area contributed by atoms with Gasteiger partial charge >= 0.3 is 0 Å². The van der Waals surface area contributed by atoms with E-state index in [1.165, 1.54) is 12.3 Å². The van der Waals surface area contributed by atoms with Crippen LogP contribution in [-0.2, 0) is 0 Å². The zero-order valence-electron chi connectivity index (χ0n) is 9.26. The number of carbonyl (C=O) groups is 1. The van der Waals surface area contributed by atoms with Crippen molar-refractivity contribution in [1.82, 2.24) is 4.98 Å². The van der Waals surface area contributed by atoms with Crippen LogP contribution in [0.25, 0.3) is 22.2 Å². The summed E-state index contributed by atoms with van der Waals surface area (Å²) < 4.78 is 18.5. The van der Waals surface area contributed by atoms with Crippen molar-refractivity contribution in [2.45, 2.75) is 0 Å². The molecule has 0 N–H and O–H groups in total. The zero-order chi connectivity index (χ0) is 12.5. The lowest BCUT2D eigenvalue weighted by atomic mass is 10.1. The van der Waals surface area contributed by atoms with Crippen molar-refractivity contribution >= 4 is 17.3 Å². The number of aromatic nitrogens is 1. The van der Waals surface area contributed by atoms with Gasteiger partial charge in [0.25, 0.3) is 0 Å². The summed E-state index contributed by atoms with van der Waals surface area (Å²) in [5.41, 5.74) is 2.28. The molecule has 4 heteroatoms. The highest BCUT2D eigenvalue weighted by molar-refractivity contribution is 5.91. The Kier molecular flexibility index (Phi) is 2.41. The second-order valence-electron chi connectivity index (χ2n) is 3.87. The van der Waals surface area contributed by atoms with Crippen LogP contribution >= 0.6 is 0 Å². The van der Waals surface area contributed by atoms with E-state index in [4.69, 9.17) is 4.42 Å². The van der Waals surface area contributed by atoms with E-state index in [0.29, 0.717) is 16.8 Å². The normalized spacial score (nSPS) is 10.7. The van der Waals surface area contributed by atoms with Crippen molar-refractivity contribution in [1.29, 1.82) is 0 Å². The van der Waals surface area contributed by atoms with Gasteiger partial charge in [0.15, 0.2) is 0 Å². The Labute approximate surface area is 102 Å². The van der Waals surface area contributed by atoms with Gasteiger partial charge in [-0.3, -0.25) is 4.79 Å². The third-order valence-corrected chi connectivity index (χ3v) is 2.74. The maximum absolute atomic E-state index is 13.4. The number of benzene rings is 1. The predicted molar refractivity (Wildman–Crippen MR) is 64.8 cm³/mol. The molecular formula is C14H8FNO2. The molecule has 0 amide bonds. The van der Waals surface area contributed by atoms with Gasteiger partial charge in [-0.1, -0.05) is 24.3 Å². The van der Waals surface area contributed by atoms with Gasteiger partial charge in [-0.15, -0.1) is 0 Å². The highest BCUT2D eigenvalue weighted by Crippen LogP contribution is 2.28. The summed E-state index contributed by atoms with van der Waals surface area (Å²) >= 11 is 0. The van der Waals surface area contributed by atoms with E-state index in [9.17, 15) is 9.18 Å². The molecule has 0 saturated carbocycles. The second kappa shape index (κ2) is 4.07. The van der Waals surface area contributed by atoms with Crippen LogP contribution in [0, 0.1) is 5.95 Å². The van der Waals surface area contributed by atoms with E-state index in [1.54, 1.807) is 30.3 Å². The Hall–Kier alpha value is -2.49. The standard InChI is InChI=1S/C14H8FNO2/c15-13-7-12-11(5-6-18-12)14(16-13)10-3-1-9(8-17)2-4-10/h1-8H. The fraction of sp³-hybridized carbons (Fsp3) is 0. The Morgan fingerprint density at radius 3 is 2.67 bits per heavy atom. The Balaban J connectivity index is 2.23. The molecule has 3 nitrogen and oxygen atoms in total. The minimum absolute atomic E-state index is 0.456. The molecule has 1 aromatic carbocycles. The van der Waals surface area contributed by atoms with Crippen LogP contribution in [0.4, 0.5) is 4.39 Å². The number of fused-ring (bicyclic) bond motifs is 1. The monoisotopic (exact) mass is 241 g/mol. The molecule has 3 aromatic rings. The number of aldehydes is 1. The van der Waals surface area contributed by atoms with Gasteiger partial charge in [-0.2, -0.15) is 4.39 Å². The first-order chi connectivity index (χ1) is 8.78. The number of halogens is 1. The minimum Gasteiger partial charge on any atom is -0.464 e. The van der Waals surface area contributed by atoms with Crippen LogP contribution in [0.15, 0.2) is 47.1 Å². The van der Waals surface area contributed by atoms with Crippen LogP contribution in [0.3, 0.4) is 0 Å². The van der Waals surface area contributed by atoms with E-state index >= 15 is 0 Å². The van der Waals surface area contributed by atoms with Crippen molar-refractivity contribution < 1.29 is 13.6 Å². The molecule has 18 heavy (non-hydrogen) atoms. The summed E-state index contributed by atoms with van der Waals surface area (Å²) in [5, 5.41) is 0.746. The van der Waals surface area contributed by atoms with Gasteiger partial charge in [0.2, 0.25) is 5.95 Å². The molecule has 0 bridgehead atoms. The van der Waals surface area contributed by atoms with Crippen molar-refractivity contribution in [3.05, 3.63) is 54.2 Å². The average molecular weight is 241 g/mol. The Bertz CT molecular complexity index is 716. The molecule has 3 rings (SSSR count). The topological polar surface area (TPSA) is 43.1 Å². The molecule has 2 aromatic heterocycles. The number of carbonyl (C=O) groups excluding carboxylic acids is 1. The first kappa shape index (κ1) is 10.7. The van der Waals surface area contributed by atoms with E-state index in [1.807, 2.05) is 0 Å². The third kappa shape index (κ3) is 1.68. The van der Waals surface area contributed by atoms with Gasteiger partial charge in [0.1, 0.15) is 11.9 Å². The van der Waals surface area contributed by atoms with Crippen LogP contribution in [-0.4, -0.2) is 11.3 Å². The molecule has 0 unspecified atom stereocenters. The lowest BCUT2D eigenvalue weighted by molar-refractivity contribution is 0.112. The third-order valence-electron chi connectivity index (χ3n) is 2.74. The summed E-state index contributed by atoms with van der Waals surface area (Å²) in [7, 11) is 0. The van der Waals surface area contributed by atoms with Gasteiger partial charge < -0.3 is 4.42 Å². The van der Waals surface area contributed by atoms with E-state index in [2.05, 4.69) is 4.98 Å². The molecule has 2 heterocycles. The lowest BCUT2D eigenvalue weighted by Crippen LogP contribution is -1.89. The van der Waals surface area contributed by atoms with Crippen LogP contribution in [0.5, 0.6) is 0 Å². The average Bonchev–Trinajstić information content (AvgIpc) is 2.86. The molecule has 0 spiro atoms. The number of rotatable bonds is 2. The van der Waals surface area contributed by atoms with Gasteiger partial charge in [0, 0.05) is 22.6 Å². The summed E-state index contributed by atoms with van der Waals surface area (Å²) in [6.45, 7) is 0. The summed E-state index contributed by atoms with van der Waals surface area (Å²) in [6.07, 6.45) is 2.26. The number of nitrogens with zero attached hydrogens (tertiary/aromatic N) is 1. The van der Waals surface area contributed by atoms with Crippen molar-refractivity contribution in [3.8, 4) is 11.3 Å². The van der Waals surface area contributed by atoms with Crippen molar-refractivity contribution in [2.24, 2.45) is 0 Å². The van der Waals surface area contributed by atoms with Crippen LogP contribution in [0.1, 0.15) is 10.4 Å². The first-order valence-electron chi connectivity index (χ1n) is 5.37. The molecule has 0 radical (unpaired) electrons.